The molecule has 4 rings (SSSR count). The maximum atomic E-state index is 13.3. The normalized spacial score (nSPS) is 14.3. The molecule has 1 aliphatic carbocycles. The molecular weight excluding hydrogens is 408 g/mol. The lowest BCUT2D eigenvalue weighted by molar-refractivity contribution is -0.142. The Morgan fingerprint density at radius 2 is 1.67 bits per heavy atom. The summed E-state index contributed by atoms with van der Waals surface area (Å²) in [5, 5.41) is 6.29. The van der Waals surface area contributed by atoms with Crippen LogP contribution in [0.15, 0.2) is 42.6 Å². The first-order chi connectivity index (χ1) is 14.1. The molecular formula is C21H13F6N3. The molecule has 9 heteroatoms. The van der Waals surface area contributed by atoms with Crippen molar-refractivity contribution in [1.82, 2.24) is 15.2 Å². The molecule has 1 fully saturated rings. The summed E-state index contributed by atoms with van der Waals surface area (Å²) in [5.74, 6) is 6.08. The summed E-state index contributed by atoms with van der Waals surface area (Å²) in [6, 6.07) is 6.40. The molecule has 0 saturated heterocycles. The van der Waals surface area contributed by atoms with Gasteiger partial charge in [0.05, 0.1) is 16.8 Å². The summed E-state index contributed by atoms with van der Waals surface area (Å²) in [7, 11) is 0. The summed E-state index contributed by atoms with van der Waals surface area (Å²) < 4.78 is 78.4. The predicted molar refractivity (Wildman–Crippen MR) is 96.2 cm³/mol. The minimum absolute atomic E-state index is 0.0858. The van der Waals surface area contributed by atoms with Crippen LogP contribution in [0.4, 0.5) is 26.3 Å². The van der Waals surface area contributed by atoms with Crippen molar-refractivity contribution in [3.63, 3.8) is 0 Å². The van der Waals surface area contributed by atoms with Gasteiger partial charge in [-0.1, -0.05) is 12.0 Å². The predicted octanol–water partition coefficient (Wildman–Crippen LogP) is 5.79. The molecule has 0 aliphatic heterocycles. The van der Waals surface area contributed by atoms with Crippen LogP contribution in [0.2, 0.25) is 0 Å². The molecule has 2 aromatic heterocycles. The van der Waals surface area contributed by atoms with Crippen LogP contribution in [0, 0.1) is 11.8 Å². The molecule has 0 amide bonds. The second kappa shape index (κ2) is 7.20. The van der Waals surface area contributed by atoms with Crippen molar-refractivity contribution in [2.75, 3.05) is 0 Å². The number of nitrogens with zero attached hydrogens (tertiary/aromatic N) is 2. The molecule has 30 heavy (non-hydrogen) atoms. The zero-order valence-electron chi connectivity index (χ0n) is 15.2. The number of rotatable bonds is 2. The SMILES string of the molecule is FC(F)(F)c1ccc(-c2cc(C#Cc3ccc(C4CC4)nc3)[nH]n2)c(C(F)(F)F)c1. The molecule has 1 aliphatic rings. The maximum absolute atomic E-state index is 13.3. The molecule has 0 unspecified atom stereocenters. The Morgan fingerprint density at radius 1 is 0.900 bits per heavy atom. The number of pyridine rings is 1. The van der Waals surface area contributed by atoms with E-state index in [-0.39, 0.29) is 17.5 Å². The maximum Gasteiger partial charge on any atom is 0.417 e. The number of alkyl halides is 6. The zero-order chi connectivity index (χ0) is 21.5. The van der Waals surface area contributed by atoms with Gasteiger partial charge >= 0.3 is 12.4 Å². The second-order valence-corrected chi connectivity index (χ2v) is 6.92. The minimum Gasteiger partial charge on any atom is -0.269 e. The van der Waals surface area contributed by atoms with E-state index >= 15 is 0 Å². The third kappa shape index (κ3) is 4.32. The Morgan fingerprint density at radius 3 is 2.27 bits per heavy atom. The molecule has 1 N–H and O–H groups in total. The number of nitrogens with one attached hydrogen (secondary N) is 1. The first-order valence-electron chi connectivity index (χ1n) is 8.93. The molecule has 1 saturated carbocycles. The van der Waals surface area contributed by atoms with Crippen LogP contribution in [0.5, 0.6) is 0 Å². The van der Waals surface area contributed by atoms with Crippen molar-refractivity contribution in [3.8, 4) is 23.1 Å². The van der Waals surface area contributed by atoms with E-state index in [4.69, 9.17) is 0 Å². The van der Waals surface area contributed by atoms with Crippen LogP contribution in [-0.2, 0) is 12.4 Å². The quantitative estimate of drug-likeness (QED) is 0.421. The van der Waals surface area contributed by atoms with Crippen LogP contribution in [0.3, 0.4) is 0 Å². The van der Waals surface area contributed by atoms with Crippen LogP contribution in [0.25, 0.3) is 11.3 Å². The second-order valence-electron chi connectivity index (χ2n) is 6.92. The summed E-state index contributed by atoms with van der Waals surface area (Å²) in [6.07, 6.45) is -5.99. The highest BCUT2D eigenvalue weighted by molar-refractivity contribution is 5.66. The van der Waals surface area contributed by atoms with Gasteiger partial charge in [-0.3, -0.25) is 10.1 Å². The summed E-state index contributed by atoms with van der Waals surface area (Å²) >= 11 is 0. The average molecular weight is 421 g/mol. The molecule has 2 heterocycles. The highest BCUT2D eigenvalue weighted by atomic mass is 19.4. The van der Waals surface area contributed by atoms with Gasteiger partial charge in [0.15, 0.2) is 0 Å². The van der Waals surface area contributed by atoms with Gasteiger partial charge < -0.3 is 0 Å². The molecule has 0 radical (unpaired) electrons. The van der Waals surface area contributed by atoms with E-state index < -0.39 is 29.0 Å². The Hall–Kier alpha value is -3.28. The van der Waals surface area contributed by atoms with Gasteiger partial charge in [-0.25, -0.2) is 0 Å². The third-order valence-corrected chi connectivity index (χ3v) is 4.63. The number of hydrogen-bond donors (Lipinski definition) is 1. The molecule has 0 atom stereocenters. The fourth-order valence-electron chi connectivity index (χ4n) is 2.94. The highest BCUT2D eigenvalue weighted by Crippen LogP contribution is 2.40. The molecule has 1 aromatic carbocycles. The monoisotopic (exact) mass is 421 g/mol. The van der Waals surface area contributed by atoms with Crippen molar-refractivity contribution < 1.29 is 26.3 Å². The van der Waals surface area contributed by atoms with Gasteiger partial charge in [0.2, 0.25) is 0 Å². The summed E-state index contributed by atoms with van der Waals surface area (Å²) in [6.45, 7) is 0. The van der Waals surface area contributed by atoms with E-state index in [0.29, 0.717) is 17.5 Å². The smallest absolute Gasteiger partial charge is 0.269 e. The van der Waals surface area contributed by atoms with Crippen molar-refractivity contribution >= 4 is 0 Å². The van der Waals surface area contributed by atoms with E-state index in [1.807, 2.05) is 12.1 Å². The first-order valence-corrected chi connectivity index (χ1v) is 8.93. The van der Waals surface area contributed by atoms with Crippen LogP contribution in [0.1, 0.15) is 46.8 Å². The van der Waals surface area contributed by atoms with Crippen LogP contribution >= 0.6 is 0 Å². The van der Waals surface area contributed by atoms with Gasteiger partial charge in [-0.15, -0.1) is 0 Å². The van der Waals surface area contributed by atoms with Gasteiger partial charge in [0, 0.05) is 28.9 Å². The van der Waals surface area contributed by atoms with Gasteiger partial charge in [0.25, 0.3) is 0 Å². The van der Waals surface area contributed by atoms with E-state index in [2.05, 4.69) is 27.0 Å². The Labute approximate surface area is 167 Å². The van der Waals surface area contributed by atoms with Crippen molar-refractivity contribution in [2.45, 2.75) is 31.1 Å². The highest BCUT2D eigenvalue weighted by Gasteiger charge is 2.38. The topological polar surface area (TPSA) is 41.6 Å². The van der Waals surface area contributed by atoms with E-state index in [0.717, 1.165) is 24.6 Å². The lowest BCUT2D eigenvalue weighted by Gasteiger charge is -2.14. The molecule has 0 spiro atoms. The summed E-state index contributed by atoms with van der Waals surface area (Å²) in [5.41, 5.74) is -1.55. The number of aromatic nitrogens is 3. The van der Waals surface area contributed by atoms with Crippen molar-refractivity contribution in [1.29, 1.82) is 0 Å². The van der Waals surface area contributed by atoms with E-state index in [9.17, 15) is 26.3 Å². The van der Waals surface area contributed by atoms with Crippen molar-refractivity contribution in [2.24, 2.45) is 0 Å². The van der Waals surface area contributed by atoms with Crippen molar-refractivity contribution in [3.05, 3.63) is 70.7 Å². The lowest BCUT2D eigenvalue weighted by atomic mass is 10.0. The number of hydrogen-bond acceptors (Lipinski definition) is 2. The fourth-order valence-corrected chi connectivity index (χ4v) is 2.94. The standard InChI is InChI=1S/C21H13F6N3/c22-20(23,24)14-5-7-16(17(9-14)21(25,26)27)19-10-15(29-30-19)6-1-12-2-8-18(28-11-12)13-3-4-13/h2,5,7-11,13H,3-4H2,(H,29,30). The van der Waals surface area contributed by atoms with Gasteiger partial charge in [0.1, 0.15) is 5.69 Å². The lowest BCUT2D eigenvalue weighted by Crippen LogP contribution is -2.12. The number of H-pyrrole nitrogens is 1. The largest absolute Gasteiger partial charge is 0.417 e. The van der Waals surface area contributed by atoms with Crippen LogP contribution < -0.4 is 0 Å². The molecule has 0 bridgehead atoms. The zero-order valence-corrected chi connectivity index (χ0v) is 15.2. The van der Waals surface area contributed by atoms with Crippen LogP contribution in [-0.4, -0.2) is 15.2 Å². The summed E-state index contributed by atoms with van der Waals surface area (Å²) in [4.78, 5) is 4.33. The molecule has 154 valence electrons. The number of benzene rings is 1. The Bertz CT molecular complexity index is 1130. The average Bonchev–Trinajstić information content (AvgIpc) is 3.43. The molecule has 3 aromatic rings. The number of aromatic amines is 1. The van der Waals surface area contributed by atoms with Gasteiger partial charge in [-0.05, 0) is 49.1 Å². The first kappa shape index (κ1) is 20.0. The Kier molecular flexibility index (Phi) is 4.80. The Balaban J connectivity index is 1.62. The minimum atomic E-state index is -4.98. The van der Waals surface area contributed by atoms with E-state index in [1.165, 1.54) is 6.07 Å². The van der Waals surface area contributed by atoms with Gasteiger partial charge in [-0.2, -0.15) is 31.4 Å². The molecule has 3 nitrogen and oxygen atoms in total. The number of halogens is 6. The van der Waals surface area contributed by atoms with E-state index in [1.54, 1.807) is 6.20 Å². The fraction of sp³-hybridized carbons (Fsp3) is 0.238. The third-order valence-electron chi connectivity index (χ3n) is 4.63.